The fourth-order valence-electron chi connectivity index (χ4n) is 4.33. The van der Waals surface area contributed by atoms with Gasteiger partial charge in [-0.3, -0.25) is 9.59 Å². The first-order valence-corrected chi connectivity index (χ1v) is 13.9. The van der Waals surface area contributed by atoms with E-state index in [1.165, 1.54) is 30.5 Å². The van der Waals surface area contributed by atoms with Crippen molar-refractivity contribution in [1.29, 1.82) is 5.26 Å². The van der Waals surface area contributed by atoms with Gasteiger partial charge in [-0.2, -0.15) is 23.5 Å². The van der Waals surface area contributed by atoms with Gasteiger partial charge in [-0.05, 0) is 41.8 Å². The molecule has 0 saturated heterocycles. The number of pyridine rings is 1. The highest BCUT2D eigenvalue weighted by molar-refractivity contribution is 7.89. The van der Waals surface area contributed by atoms with E-state index in [0.717, 1.165) is 4.68 Å². The summed E-state index contributed by atoms with van der Waals surface area (Å²) in [6.07, 6.45) is -2.68. The number of carbonyl (C=O) groups is 2. The summed E-state index contributed by atoms with van der Waals surface area (Å²) in [6, 6.07) is 8.61. The number of sulfonamides is 1. The Morgan fingerprint density at radius 2 is 2.07 bits per heavy atom. The maximum Gasteiger partial charge on any atom is 0.422 e. The summed E-state index contributed by atoms with van der Waals surface area (Å²) in [5.74, 6) is -1.84. The second-order valence-electron chi connectivity index (χ2n) is 9.07. The second-order valence-corrected chi connectivity index (χ2v) is 10.8. The van der Waals surface area contributed by atoms with Crippen LogP contribution in [0.2, 0.25) is 0 Å². The molecule has 0 unspecified atom stereocenters. The number of alkyl halides is 3. The minimum absolute atomic E-state index is 0.0281. The zero-order valence-corrected chi connectivity index (χ0v) is 22.3. The lowest BCUT2D eigenvalue weighted by Crippen LogP contribution is -2.38. The summed E-state index contributed by atoms with van der Waals surface area (Å²) >= 11 is 0. The lowest BCUT2D eigenvalue weighted by atomic mass is 9.91. The molecule has 2 aromatic heterocycles. The first-order chi connectivity index (χ1) is 19.3. The number of nitrogens with one attached hydrogen (secondary N) is 2. The smallest absolute Gasteiger partial charge is 0.422 e. The van der Waals surface area contributed by atoms with E-state index in [1.54, 1.807) is 13.0 Å². The molecule has 41 heavy (non-hydrogen) atoms. The number of halogens is 3. The van der Waals surface area contributed by atoms with Crippen molar-refractivity contribution in [3.63, 3.8) is 0 Å². The van der Waals surface area contributed by atoms with Crippen molar-refractivity contribution in [3.05, 3.63) is 70.2 Å². The monoisotopic (exact) mass is 591 g/mol. The number of aromatic nitrogens is 3. The Morgan fingerprint density at radius 3 is 2.68 bits per heavy atom. The highest BCUT2D eigenvalue weighted by Crippen LogP contribution is 2.32. The molecule has 0 fully saturated rings. The number of carbonyl (C=O) groups excluding carboxylic acids is 2. The average molecular weight is 592 g/mol. The molecule has 1 aliphatic rings. The van der Waals surface area contributed by atoms with Crippen molar-refractivity contribution in [3.8, 4) is 17.6 Å². The van der Waals surface area contributed by atoms with Crippen LogP contribution >= 0.6 is 0 Å². The third kappa shape index (κ3) is 6.99. The van der Waals surface area contributed by atoms with Gasteiger partial charge >= 0.3 is 6.18 Å². The average Bonchev–Trinajstić information content (AvgIpc) is 3.31. The number of amides is 2. The minimum Gasteiger partial charge on any atom is -0.484 e. The Balaban J connectivity index is 1.70. The predicted octanol–water partition coefficient (Wildman–Crippen LogP) is 1.69. The van der Waals surface area contributed by atoms with Crippen molar-refractivity contribution in [2.24, 2.45) is 5.14 Å². The fourth-order valence-corrected chi connectivity index (χ4v) is 4.72. The number of primary sulfonamides is 1. The molecular formula is C25H24F3N7O5S. The molecule has 0 radical (unpaired) electrons. The lowest BCUT2D eigenvalue weighted by Gasteiger charge is -2.26. The number of nitriles is 1. The summed E-state index contributed by atoms with van der Waals surface area (Å²) in [4.78, 5) is 30.7. The molecule has 4 rings (SSSR count). The van der Waals surface area contributed by atoms with E-state index in [0.29, 0.717) is 17.5 Å². The number of aryl methyl sites for hydroxylation is 1. The predicted molar refractivity (Wildman–Crippen MR) is 138 cm³/mol. The third-order valence-corrected chi connectivity index (χ3v) is 6.92. The summed E-state index contributed by atoms with van der Waals surface area (Å²) in [5.41, 5.74) is 1.51. The molecule has 16 heteroatoms. The van der Waals surface area contributed by atoms with Crippen LogP contribution < -0.4 is 20.5 Å². The Labute approximate surface area is 232 Å². The molecule has 3 heterocycles. The number of benzene rings is 1. The molecule has 2 amide bonds. The van der Waals surface area contributed by atoms with E-state index in [1.807, 2.05) is 6.07 Å². The zero-order valence-electron chi connectivity index (χ0n) is 21.5. The van der Waals surface area contributed by atoms with Gasteiger partial charge in [-0.1, -0.05) is 13.0 Å². The molecule has 3 aromatic rings. The van der Waals surface area contributed by atoms with E-state index in [-0.39, 0.29) is 47.0 Å². The van der Waals surface area contributed by atoms with Gasteiger partial charge in [0.05, 0.1) is 28.6 Å². The maximum absolute atomic E-state index is 13.4. The molecule has 1 aliphatic heterocycles. The van der Waals surface area contributed by atoms with Crippen molar-refractivity contribution in [1.82, 2.24) is 25.4 Å². The molecule has 0 spiro atoms. The van der Waals surface area contributed by atoms with E-state index < -0.39 is 46.4 Å². The Morgan fingerprint density at radius 1 is 1.32 bits per heavy atom. The number of hydrogen-bond acceptors (Lipinski definition) is 8. The van der Waals surface area contributed by atoms with Crippen molar-refractivity contribution in [2.45, 2.75) is 32.0 Å². The van der Waals surface area contributed by atoms with Gasteiger partial charge < -0.3 is 15.4 Å². The van der Waals surface area contributed by atoms with Crippen molar-refractivity contribution in [2.75, 3.05) is 18.9 Å². The Hall–Kier alpha value is -4.49. The minimum atomic E-state index is -4.50. The molecule has 12 nitrogen and oxygen atoms in total. The van der Waals surface area contributed by atoms with Crippen LogP contribution in [0.15, 0.2) is 36.5 Å². The standard InChI is InChI=1S/C25H24F3N7O5S/c1-2-15-9-16(40-13-25(26,27)28)4-5-17(15)18-10-19-21(23(36)33-18)22(24(37)31-7-8-41(30,38)39)35(34-19)20-6-3-14(11-29)12-32-20/h3-6,9,12,18H,2,7-8,10,13H2,1H3,(H,31,37)(H,33,36)(H2,30,38,39)/t18-/m1/s1. The zero-order chi connectivity index (χ0) is 29.9. The van der Waals surface area contributed by atoms with Crippen LogP contribution in [0.1, 0.15) is 56.2 Å². The molecule has 1 atom stereocenters. The van der Waals surface area contributed by atoms with Crippen LogP contribution in [-0.4, -0.2) is 60.1 Å². The van der Waals surface area contributed by atoms with E-state index >= 15 is 0 Å². The van der Waals surface area contributed by atoms with Crippen LogP contribution in [0.25, 0.3) is 5.82 Å². The number of nitrogens with two attached hydrogens (primary N) is 1. The van der Waals surface area contributed by atoms with Crippen LogP contribution in [-0.2, 0) is 22.9 Å². The maximum atomic E-state index is 13.4. The molecule has 0 bridgehead atoms. The van der Waals surface area contributed by atoms with Crippen LogP contribution in [0, 0.1) is 11.3 Å². The van der Waals surface area contributed by atoms with Crippen LogP contribution in [0.4, 0.5) is 13.2 Å². The van der Waals surface area contributed by atoms with Gasteiger partial charge in [0.1, 0.15) is 17.5 Å². The normalized spacial score (nSPS) is 15.0. The number of ether oxygens (including phenoxy) is 1. The van der Waals surface area contributed by atoms with Crippen molar-refractivity contribution < 1.29 is 35.9 Å². The summed E-state index contributed by atoms with van der Waals surface area (Å²) in [7, 11) is -3.87. The van der Waals surface area contributed by atoms with Gasteiger partial charge in [0.25, 0.3) is 11.8 Å². The summed E-state index contributed by atoms with van der Waals surface area (Å²) in [6.45, 7) is 0.0326. The van der Waals surface area contributed by atoms with E-state index in [9.17, 15) is 31.2 Å². The lowest BCUT2D eigenvalue weighted by molar-refractivity contribution is -0.153. The fraction of sp³-hybridized carbons (Fsp3) is 0.320. The number of rotatable bonds is 9. The van der Waals surface area contributed by atoms with Gasteiger partial charge in [0, 0.05) is 19.2 Å². The molecular weight excluding hydrogens is 567 g/mol. The Kier molecular flexibility index (Phi) is 8.31. The summed E-state index contributed by atoms with van der Waals surface area (Å²) < 4.78 is 66.4. The number of fused-ring (bicyclic) bond motifs is 1. The van der Waals surface area contributed by atoms with Gasteiger partial charge in [-0.15, -0.1) is 0 Å². The van der Waals surface area contributed by atoms with Gasteiger partial charge in [-0.25, -0.2) is 23.2 Å². The highest BCUT2D eigenvalue weighted by atomic mass is 32.2. The van der Waals surface area contributed by atoms with E-state index in [4.69, 9.17) is 15.1 Å². The van der Waals surface area contributed by atoms with Crippen molar-refractivity contribution >= 4 is 21.8 Å². The quantitative estimate of drug-likeness (QED) is 0.336. The highest BCUT2D eigenvalue weighted by Gasteiger charge is 2.36. The van der Waals surface area contributed by atoms with Gasteiger partial charge in [0.15, 0.2) is 12.4 Å². The molecule has 4 N–H and O–H groups in total. The summed E-state index contributed by atoms with van der Waals surface area (Å²) in [5, 5.41) is 23.8. The number of nitrogens with zero attached hydrogens (tertiary/aromatic N) is 4. The SMILES string of the molecule is CCc1cc(OCC(F)(F)F)ccc1[C@H]1Cc2nn(-c3ccc(C#N)cn3)c(C(=O)NCCS(N)(=O)=O)c2C(=O)N1. The Bertz CT molecular complexity index is 1630. The van der Waals surface area contributed by atoms with Gasteiger partial charge in [0.2, 0.25) is 10.0 Å². The third-order valence-electron chi connectivity index (χ3n) is 6.14. The van der Waals surface area contributed by atoms with E-state index in [2.05, 4.69) is 20.7 Å². The molecule has 1 aromatic carbocycles. The topological polar surface area (TPSA) is 182 Å². The molecule has 0 aliphatic carbocycles. The first-order valence-electron chi connectivity index (χ1n) is 12.2. The first kappa shape index (κ1) is 29.5. The number of hydrogen-bond donors (Lipinski definition) is 3. The molecule has 216 valence electrons. The van der Waals surface area contributed by atoms with Crippen LogP contribution in [0.5, 0.6) is 5.75 Å². The second kappa shape index (κ2) is 11.6. The molecule has 0 saturated carbocycles. The largest absolute Gasteiger partial charge is 0.484 e. The van der Waals surface area contributed by atoms with Crippen LogP contribution in [0.3, 0.4) is 0 Å².